The van der Waals surface area contributed by atoms with E-state index >= 15 is 0 Å². The van der Waals surface area contributed by atoms with Crippen molar-refractivity contribution in [3.63, 3.8) is 0 Å². The van der Waals surface area contributed by atoms with E-state index in [-0.39, 0.29) is 5.91 Å². The van der Waals surface area contributed by atoms with Gasteiger partial charge in [0.15, 0.2) is 10.6 Å². The maximum atomic E-state index is 13.0. The van der Waals surface area contributed by atoms with Crippen molar-refractivity contribution < 1.29 is 9.53 Å². The van der Waals surface area contributed by atoms with E-state index in [1.807, 2.05) is 84.7 Å². The van der Waals surface area contributed by atoms with Crippen molar-refractivity contribution in [3.8, 4) is 22.8 Å². The second-order valence-electron chi connectivity index (χ2n) is 8.13. The molecule has 0 spiro atoms. The fourth-order valence-corrected chi connectivity index (χ4v) is 4.16. The lowest BCUT2D eigenvalue weighted by Gasteiger charge is -2.18. The summed E-state index contributed by atoms with van der Waals surface area (Å²) in [6.07, 6.45) is 0.304. The smallest absolute Gasteiger partial charge is 0.224 e. The van der Waals surface area contributed by atoms with Crippen molar-refractivity contribution in [1.82, 2.24) is 29.4 Å². The van der Waals surface area contributed by atoms with Gasteiger partial charge >= 0.3 is 0 Å². The lowest BCUT2D eigenvalue weighted by molar-refractivity contribution is -0.130. The number of benzene rings is 2. The predicted molar refractivity (Wildman–Crippen MR) is 134 cm³/mol. The van der Waals surface area contributed by atoms with Crippen LogP contribution in [0.25, 0.3) is 17.1 Å². The number of rotatable bonds is 8. The van der Waals surface area contributed by atoms with Gasteiger partial charge in [0.25, 0.3) is 0 Å². The number of carbonyl (C=O) groups is 1. The van der Waals surface area contributed by atoms with Crippen LogP contribution in [0.3, 0.4) is 0 Å². The predicted octanol–water partition coefficient (Wildman–Crippen LogP) is 4.47. The molecule has 9 heteroatoms. The Hall–Kier alpha value is -3.72. The molecule has 8 nitrogen and oxygen atoms in total. The van der Waals surface area contributed by atoms with Gasteiger partial charge in [-0.25, -0.2) is 4.68 Å². The largest absolute Gasteiger partial charge is 0.497 e. The van der Waals surface area contributed by atoms with Gasteiger partial charge < -0.3 is 9.64 Å². The molecule has 0 aliphatic heterocycles. The number of methoxy groups -OCH3 is 1. The van der Waals surface area contributed by atoms with Gasteiger partial charge in [-0.05, 0) is 62.5 Å². The van der Waals surface area contributed by atoms with Crippen molar-refractivity contribution in [1.29, 1.82) is 0 Å². The zero-order chi connectivity index (χ0) is 24.2. The molecule has 0 unspecified atom stereocenters. The van der Waals surface area contributed by atoms with Crippen LogP contribution in [0.2, 0.25) is 0 Å². The Morgan fingerprint density at radius 2 is 1.82 bits per heavy atom. The third-order valence-electron chi connectivity index (χ3n) is 5.92. The van der Waals surface area contributed by atoms with Crippen LogP contribution >= 0.6 is 12.2 Å². The molecule has 0 saturated heterocycles. The summed E-state index contributed by atoms with van der Waals surface area (Å²) in [7, 11) is 3.45. The summed E-state index contributed by atoms with van der Waals surface area (Å²) >= 11 is 5.41. The number of nitrogens with zero attached hydrogens (tertiary/aromatic N) is 5. The number of aromatic amines is 1. The molecule has 34 heavy (non-hydrogen) atoms. The number of ether oxygens (including phenoxy) is 1. The molecule has 1 N–H and O–H groups in total. The molecule has 4 aromatic rings. The SMILES string of the molecule is COc1ccc(-c2n[nH]c(=S)n2CCC(=O)N(C)Cc2c(C)nn(-c3ccccc3)c2C)cc1. The first-order valence-corrected chi connectivity index (χ1v) is 11.4. The van der Waals surface area contributed by atoms with Gasteiger partial charge in [0.1, 0.15) is 5.75 Å². The van der Waals surface area contributed by atoms with Gasteiger partial charge in [-0.15, -0.1) is 0 Å². The van der Waals surface area contributed by atoms with Gasteiger partial charge in [-0.2, -0.15) is 10.2 Å². The fraction of sp³-hybridized carbons (Fsp3) is 0.280. The molecule has 0 aliphatic rings. The Morgan fingerprint density at radius 3 is 2.50 bits per heavy atom. The molecule has 0 aliphatic carbocycles. The minimum Gasteiger partial charge on any atom is -0.497 e. The second-order valence-corrected chi connectivity index (χ2v) is 8.52. The number of H-pyrrole nitrogens is 1. The maximum absolute atomic E-state index is 13.0. The molecular formula is C25H28N6O2S. The number of hydrogen-bond donors (Lipinski definition) is 1. The topological polar surface area (TPSA) is 81.0 Å². The van der Waals surface area contributed by atoms with E-state index in [4.69, 9.17) is 17.0 Å². The van der Waals surface area contributed by atoms with Gasteiger partial charge in [-0.1, -0.05) is 18.2 Å². The Kier molecular flexibility index (Phi) is 6.93. The molecule has 0 radical (unpaired) electrons. The first kappa shape index (κ1) is 23.4. The standard InChI is InChI=1S/C25H28N6O2S/c1-17-22(18(2)31(28-17)20-8-6-5-7-9-20)16-29(3)23(32)14-15-30-24(26-27-25(30)34)19-10-12-21(33-4)13-11-19/h5-13H,14-16H2,1-4H3,(H,27,34). The first-order valence-electron chi connectivity index (χ1n) is 11.0. The van der Waals surface area contributed by atoms with Crippen LogP contribution in [-0.2, 0) is 17.9 Å². The number of hydrogen-bond acceptors (Lipinski definition) is 5. The Morgan fingerprint density at radius 1 is 1.12 bits per heavy atom. The zero-order valence-corrected chi connectivity index (χ0v) is 20.6. The first-order chi connectivity index (χ1) is 16.4. The minimum atomic E-state index is 0.0232. The molecule has 0 bridgehead atoms. The summed E-state index contributed by atoms with van der Waals surface area (Å²) in [6, 6.07) is 17.6. The van der Waals surface area contributed by atoms with Crippen molar-refractivity contribution in [3.05, 3.63) is 76.3 Å². The molecule has 2 heterocycles. The van der Waals surface area contributed by atoms with Gasteiger partial charge in [0, 0.05) is 43.4 Å². The second kappa shape index (κ2) is 10.0. The quantitative estimate of drug-likeness (QED) is 0.380. The molecule has 2 aromatic carbocycles. The van der Waals surface area contributed by atoms with E-state index in [1.165, 1.54) is 0 Å². The highest BCUT2D eigenvalue weighted by molar-refractivity contribution is 7.71. The van der Waals surface area contributed by atoms with Crippen LogP contribution in [0.1, 0.15) is 23.4 Å². The monoisotopic (exact) mass is 476 g/mol. The van der Waals surface area contributed by atoms with Crippen LogP contribution < -0.4 is 4.74 Å². The fourth-order valence-electron chi connectivity index (χ4n) is 3.93. The third-order valence-corrected chi connectivity index (χ3v) is 6.23. The lowest BCUT2D eigenvalue weighted by Crippen LogP contribution is -2.27. The minimum absolute atomic E-state index is 0.0232. The summed E-state index contributed by atoms with van der Waals surface area (Å²) in [4.78, 5) is 14.7. The summed E-state index contributed by atoms with van der Waals surface area (Å²) in [5.74, 6) is 1.48. The van der Waals surface area contributed by atoms with Crippen molar-refractivity contribution in [2.75, 3.05) is 14.2 Å². The Labute approximate surface area is 203 Å². The number of aromatic nitrogens is 5. The molecule has 1 amide bonds. The van der Waals surface area contributed by atoms with E-state index in [9.17, 15) is 4.79 Å². The maximum Gasteiger partial charge on any atom is 0.224 e. The van der Waals surface area contributed by atoms with E-state index in [1.54, 1.807) is 12.0 Å². The van der Waals surface area contributed by atoms with E-state index in [2.05, 4.69) is 15.3 Å². The average molecular weight is 477 g/mol. The highest BCUT2D eigenvalue weighted by atomic mass is 32.1. The molecule has 2 aromatic heterocycles. The van der Waals surface area contributed by atoms with Crippen LogP contribution in [0.5, 0.6) is 5.75 Å². The molecular weight excluding hydrogens is 448 g/mol. The molecule has 0 saturated carbocycles. The lowest BCUT2D eigenvalue weighted by atomic mass is 10.1. The van der Waals surface area contributed by atoms with Crippen LogP contribution in [0.4, 0.5) is 0 Å². The molecule has 0 fully saturated rings. The molecule has 176 valence electrons. The van der Waals surface area contributed by atoms with E-state index < -0.39 is 0 Å². The average Bonchev–Trinajstić information content (AvgIpc) is 3.37. The summed E-state index contributed by atoms with van der Waals surface area (Å²) in [5, 5.41) is 11.9. The summed E-state index contributed by atoms with van der Waals surface area (Å²) < 4.78 is 9.49. The van der Waals surface area contributed by atoms with Crippen molar-refractivity contribution >= 4 is 18.1 Å². The van der Waals surface area contributed by atoms with Gasteiger partial charge in [0.2, 0.25) is 5.91 Å². The van der Waals surface area contributed by atoms with Crippen LogP contribution in [0, 0.1) is 18.6 Å². The Bertz CT molecular complexity index is 1340. The number of amides is 1. The zero-order valence-electron chi connectivity index (χ0n) is 19.8. The van der Waals surface area contributed by atoms with Gasteiger partial charge in [-0.3, -0.25) is 14.5 Å². The normalized spacial score (nSPS) is 10.9. The number of para-hydroxylation sites is 1. The summed E-state index contributed by atoms with van der Waals surface area (Å²) in [5.41, 5.74) is 4.90. The van der Waals surface area contributed by atoms with Crippen LogP contribution in [0.15, 0.2) is 54.6 Å². The number of nitrogens with one attached hydrogen (secondary N) is 1. The molecule has 0 atom stereocenters. The number of carbonyl (C=O) groups excluding carboxylic acids is 1. The van der Waals surface area contributed by atoms with Crippen molar-refractivity contribution in [2.45, 2.75) is 33.4 Å². The summed E-state index contributed by atoms with van der Waals surface area (Å²) in [6.45, 7) is 4.94. The molecule has 4 rings (SSSR count). The Balaban J connectivity index is 1.45. The third kappa shape index (κ3) is 4.79. The van der Waals surface area contributed by atoms with Crippen LogP contribution in [-0.4, -0.2) is 49.5 Å². The van der Waals surface area contributed by atoms with E-state index in [0.717, 1.165) is 34.0 Å². The highest BCUT2D eigenvalue weighted by Gasteiger charge is 2.18. The highest BCUT2D eigenvalue weighted by Crippen LogP contribution is 2.22. The van der Waals surface area contributed by atoms with E-state index in [0.29, 0.717) is 30.1 Å². The van der Waals surface area contributed by atoms with Gasteiger partial charge in [0.05, 0.1) is 18.5 Å². The number of aryl methyl sites for hydroxylation is 1. The van der Waals surface area contributed by atoms with Crippen molar-refractivity contribution in [2.24, 2.45) is 0 Å².